The van der Waals surface area contributed by atoms with Crippen molar-refractivity contribution in [3.8, 4) is 5.75 Å². The number of aliphatic imine (C=N–C) groups is 1. The lowest BCUT2D eigenvalue weighted by atomic mass is 10.2. The van der Waals surface area contributed by atoms with E-state index in [0.717, 1.165) is 5.56 Å². The van der Waals surface area contributed by atoms with Crippen LogP contribution in [0.5, 0.6) is 5.75 Å². The van der Waals surface area contributed by atoms with Crippen molar-refractivity contribution < 1.29 is 9.53 Å². The molecule has 5 heteroatoms. The van der Waals surface area contributed by atoms with Crippen LogP contribution in [0.25, 0.3) is 0 Å². The monoisotopic (exact) mass is 288 g/mol. The van der Waals surface area contributed by atoms with Gasteiger partial charge in [0, 0.05) is 6.21 Å². The van der Waals surface area contributed by atoms with Gasteiger partial charge in [-0.2, -0.15) is 0 Å². The zero-order valence-corrected chi connectivity index (χ0v) is 11.4. The van der Waals surface area contributed by atoms with Crippen molar-refractivity contribution in [1.82, 2.24) is 0 Å². The Morgan fingerprint density at radius 1 is 1.20 bits per heavy atom. The van der Waals surface area contributed by atoms with Crippen molar-refractivity contribution in [2.24, 2.45) is 10.7 Å². The standard InChI is InChI=1S/C15H13ClN2O2/c16-13-3-1-2-4-14(13)18-9-11-5-7-12(8-6-11)20-10-15(17)19/h1-9H,10H2,(H2,17,19). The summed E-state index contributed by atoms with van der Waals surface area (Å²) in [5.41, 5.74) is 6.61. The fourth-order valence-electron chi connectivity index (χ4n) is 1.51. The van der Waals surface area contributed by atoms with E-state index in [-0.39, 0.29) is 6.61 Å². The predicted octanol–water partition coefficient (Wildman–Crippen LogP) is 2.95. The molecule has 0 radical (unpaired) electrons. The summed E-state index contributed by atoms with van der Waals surface area (Å²) in [5, 5.41) is 0.602. The van der Waals surface area contributed by atoms with Crippen LogP contribution < -0.4 is 10.5 Å². The van der Waals surface area contributed by atoms with Crippen LogP contribution in [0.1, 0.15) is 5.56 Å². The third-order valence-electron chi connectivity index (χ3n) is 2.47. The second kappa shape index (κ2) is 6.73. The Kier molecular flexibility index (Phi) is 4.74. The number of rotatable bonds is 5. The molecule has 1 amide bonds. The first kappa shape index (κ1) is 14.1. The third-order valence-corrected chi connectivity index (χ3v) is 2.79. The minimum absolute atomic E-state index is 0.132. The van der Waals surface area contributed by atoms with Crippen molar-refractivity contribution in [2.45, 2.75) is 0 Å². The smallest absolute Gasteiger partial charge is 0.255 e. The first-order valence-corrected chi connectivity index (χ1v) is 6.33. The average Bonchev–Trinajstić information content (AvgIpc) is 2.45. The van der Waals surface area contributed by atoms with Gasteiger partial charge in [0.25, 0.3) is 5.91 Å². The van der Waals surface area contributed by atoms with E-state index in [9.17, 15) is 4.79 Å². The molecule has 0 aromatic heterocycles. The van der Waals surface area contributed by atoms with Gasteiger partial charge >= 0.3 is 0 Å². The number of ether oxygens (including phenoxy) is 1. The Morgan fingerprint density at radius 3 is 2.55 bits per heavy atom. The maximum atomic E-state index is 10.6. The van der Waals surface area contributed by atoms with E-state index < -0.39 is 5.91 Å². The molecule has 0 saturated carbocycles. The number of nitrogens with two attached hydrogens (primary N) is 1. The third kappa shape index (κ3) is 4.10. The molecule has 0 unspecified atom stereocenters. The van der Waals surface area contributed by atoms with Crippen LogP contribution in [0, 0.1) is 0 Å². The highest BCUT2D eigenvalue weighted by Crippen LogP contribution is 2.23. The van der Waals surface area contributed by atoms with Crippen molar-refractivity contribution >= 4 is 29.4 Å². The number of carbonyl (C=O) groups is 1. The summed E-state index contributed by atoms with van der Waals surface area (Å²) in [7, 11) is 0. The van der Waals surface area contributed by atoms with Crippen LogP contribution in [0.4, 0.5) is 5.69 Å². The predicted molar refractivity (Wildman–Crippen MR) is 79.8 cm³/mol. The van der Waals surface area contributed by atoms with Crippen molar-refractivity contribution in [2.75, 3.05) is 6.61 Å². The molecule has 0 spiro atoms. The van der Waals surface area contributed by atoms with Crippen molar-refractivity contribution in [1.29, 1.82) is 0 Å². The lowest BCUT2D eigenvalue weighted by molar-refractivity contribution is -0.119. The van der Waals surface area contributed by atoms with E-state index in [2.05, 4.69) is 4.99 Å². The lowest BCUT2D eigenvalue weighted by Gasteiger charge is -2.03. The van der Waals surface area contributed by atoms with E-state index in [1.807, 2.05) is 30.3 Å². The van der Waals surface area contributed by atoms with Gasteiger partial charge in [0.15, 0.2) is 6.61 Å². The number of primary amides is 1. The molecule has 2 aromatic rings. The lowest BCUT2D eigenvalue weighted by Crippen LogP contribution is -2.19. The number of hydrogen-bond acceptors (Lipinski definition) is 3. The second-order valence-electron chi connectivity index (χ2n) is 4.03. The molecule has 0 aliphatic rings. The first-order valence-electron chi connectivity index (χ1n) is 5.95. The summed E-state index contributed by atoms with van der Waals surface area (Å²) in [6.45, 7) is -0.132. The van der Waals surface area contributed by atoms with E-state index in [0.29, 0.717) is 16.5 Å². The molecule has 0 fully saturated rings. The Labute approximate surface area is 121 Å². The highest BCUT2D eigenvalue weighted by Gasteiger charge is 1.98. The maximum Gasteiger partial charge on any atom is 0.255 e. The second-order valence-corrected chi connectivity index (χ2v) is 4.44. The van der Waals surface area contributed by atoms with Crippen LogP contribution in [-0.2, 0) is 4.79 Å². The molecule has 20 heavy (non-hydrogen) atoms. The molecule has 0 heterocycles. The van der Waals surface area contributed by atoms with Crippen LogP contribution in [0.2, 0.25) is 5.02 Å². The van der Waals surface area contributed by atoms with Crippen molar-refractivity contribution in [3.05, 3.63) is 59.1 Å². The average molecular weight is 289 g/mol. The maximum absolute atomic E-state index is 10.6. The number of nitrogens with zero attached hydrogens (tertiary/aromatic N) is 1. The highest BCUT2D eigenvalue weighted by molar-refractivity contribution is 6.33. The van der Waals surface area contributed by atoms with Gasteiger partial charge in [0.05, 0.1) is 10.7 Å². The van der Waals surface area contributed by atoms with Gasteiger partial charge in [-0.3, -0.25) is 9.79 Å². The van der Waals surface area contributed by atoms with Gasteiger partial charge in [-0.15, -0.1) is 0 Å². The topological polar surface area (TPSA) is 64.7 Å². The number of carbonyl (C=O) groups excluding carboxylic acids is 1. The molecular weight excluding hydrogens is 276 g/mol. The molecule has 2 rings (SSSR count). The Balaban J connectivity index is 2.04. The molecule has 0 aliphatic carbocycles. The van der Waals surface area contributed by atoms with Gasteiger partial charge in [-0.1, -0.05) is 23.7 Å². The van der Waals surface area contributed by atoms with E-state index in [4.69, 9.17) is 22.1 Å². The van der Waals surface area contributed by atoms with Gasteiger partial charge < -0.3 is 10.5 Å². The summed E-state index contributed by atoms with van der Waals surface area (Å²) >= 11 is 6.01. The SMILES string of the molecule is NC(=O)COc1ccc(C=Nc2ccccc2Cl)cc1. The highest BCUT2D eigenvalue weighted by atomic mass is 35.5. The molecule has 2 aromatic carbocycles. The summed E-state index contributed by atoms with van der Waals surface area (Å²) in [5.74, 6) is 0.0769. The molecule has 0 atom stereocenters. The van der Waals surface area contributed by atoms with Crippen LogP contribution >= 0.6 is 11.6 Å². The van der Waals surface area contributed by atoms with Gasteiger partial charge in [-0.05, 0) is 42.0 Å². The van der Waals surface area contributed by atoms with E-state index in [1.165, 1.54) is 0 Å². The van der Waals surface area contributed by atoms with Crippen molar-refractivity contribution in [3.63, 3.8) is 0 Å². The summed E-state index contributed by atoms with van der Waals surface area (Å²) in [6.07, 6.45) is 1.71. The molecular formula is C15H13ClN2O2. The van der Waals surface area contributed by atoms with E-state index in [1.54, 1.807) is 24.4 Å². The molecule has 102 valence electrons. The fourth-order valence-corrected chi connectivity index (χ4v) is 1.69. The van der Waals surface area contributed by atoms with Crippen LogP contribution in [0.3, 0.4) is 0 Å². The zero-order chi connectivity index (χ0) is 14.4. The summed E-state index contributed by atoms with van der Waals surface area (Å²) < 4.78 is 5.16. The number of amides is 1. The Morgan fingerprint density at radius 2 is 1.90 bits per heavy atom. The molecule has 4 nitrogen and oxygen atoms in total. The molecule has 2 N–H and O–H groups in total. The van der Waals surface area contributed by atoms with E-state index >= 15 is 0 Å². The number of para-hydroxylation sites is 1. The van der Waals surface area contributed by atoms with Gasteiger partial charge in [0.1, 0.15) is 5.75 Å². The minimum Gasteiger partial charge on any atom is -0.484 e. The zero-order valence-electron chi connectivity index (χ0n) is 10.6. The summed E-state index contributed by atoms with van der Waals surface area (Å²) in [6, 6.07) is 14.5. The van der Waals surface area contributed by atoms with Crippen LogP contribution in [-0.4, -0.2) is 18.7 Å². The first-order chi connectivity index (χ1) is 9.65. The fraction of sp³-hybridized carbons (Fsp3) is 0.0667. The Hall–Kier alpha value is -2.33. The Bertz CT molecular complexity index is 624. The number of benzene rings is 2. The van der Waals surface area contributed by atoms with Gasteiger partial charge in [0.2, 0.25) is 0 Å². The largest absolute Gasteiger partial charge is 0.484 e. The molecule has 0 bridgehead atoms. The van der Waals surface area contributed by atoms with Crippen LogP contribution in [0.15, 0.2) is 53.5 Å². The van der Waals surface area contributed by atoms with Gasteiger partial charge in [-0.25, -0.2) is 0 Å². The minimum atomic E-state index is -0.505. The summed E-state index contributed by atoms with van der Waals surface area (Å²) in [4.78, 5) is 14.9. The normalized spacial score (nSPS) is 10.7. The number of halogens is 1. The molecule has 0 aliphatic heterocycles. The molecule has 0 saturated heterocycles. The number of hydrogen-bond donors (Lipinski definition) is 1. The quantitative estimate of drug-likeness (QED) is 0.860.